The molecule has 1 aromatic heterocycles. The number of ether oxygens (including phenoxy) is 1. The lowest BCUT2D eigenvalue weighted by Crippen LogP contribution is -2.01. The molecule has 0 spiro atoms. The van der Waals surface area contributed by atoms with E-state index in [9.17, 15) is 0 Å². The molecule has 0 amide bonds. The third-order valence-corrected chi connectivity index (χ3v) is 3.00. The van der Waals surface area contributed by atoms with Gasteiger partial charge in [0, 0.05) is 12.7 Å². The van der Waals surface area contributed by atoms with E-state index in [-0.39, 0.29) is 0 Å². The van der Waals surface area contributed by atoms with E-state index in [2.05, 4.69) is 17.3 Å². The van der Waals surface area contributed by atoms with Crippen LogP contribution >= 0.6 is 0 Å². The maximum Gasteiger partial charge on any atom is 0.152 e. The Morgan fingerprint density at radius 3 is 2.58 bits per heavy atom. The Labute approximate surface area is 113 Å². The van der Waals surface area contributed by atoms with Crippen LogP contribution < -0.4 is 15.8 Å². The largest absolute Gasteiger partial charge is 0.497 e. The molecule has 2 aromatic rings. The zero-order valence-electron chi connectivity index (χ0n) is 11.6. The summed E-state index contributed by atoms with van der Waals surface area (Å²) >= 11 is 0. The van der Waals surface area contributed by atoms with Crippen LogP contribution in [0.2, 0.25) is 0 Å². The topological polar surface area (TPSA) is 65.1 Å². The fourth-order valence-corrected chi connectivity index (χ4v) is 1.98. The quantitative estimate of drug-likeness (QED) is 0.867. The Morgan fingerprint density at radius 2 is 2.00 bits per heavy atom. The summed E-state index contributed by atoms with van der Waals surface area (Å²) in [6.07, 6.45) is 1.92. The monoisotopic (exact) mass is 260 g/mol. The van der Waals surface area contributed by atoms with E-state index < -0.39 is 0 Å². The number of rotatable bonds is 5. The number of hydrogen-bond acceptors (Lipinski definition) is 4. The molecule has 0 saturated carbocycles. The predicted molar refractivity (Wildman–Crippen MR) is 77.9 cm³/mol. The number of aromatic nitrogens is 2. The van der Waals surface area contributed by atoms with Crippen LogP contribution in [0.4, 0.5) is 17.2 Å². The molecule has 0 radical (unpaired) electrons. The van der Waals surface area contributed by atoms with Gasteiger partial charge in [0.25, 0.3) is 0 Å². The van der Waals surface area contributed by atoms with Gasteiger partial charge in [-0.2, -0.15) is 5.10 Å². The lowest BCUT2D eigenvalue weighted by molar-refractivity contribution is 0.415. The molecule has 0 bridgehead atoms. The zero-order valence-corrected chi connectivity index (χ0v) is 11.6. The molecule has 0 fully saturated rings. The number of nitrogens with zero attached hydrogens (tertiary/aromatic N) is 2. The van der Waals surface area contributed by atoms with Gasteiger partial charge >= 0.3 is 0 Å². The van der Waals surface area contributed by atoms with Crippen molar-refractivity contribution < 1.29 is 4.74 Å². The minimum Gasteiger partial charge on any atom is -0.497 e. The summed E-state index contributed by atoms with van der Waals surface area (Å²) in [5.41, 5.74) is 8.75. The molecular formula is C14H20N4O. The van der Waals surface area contributed by atoms with Crippen molar-refractivity contribution in [3.8, 4) is 5.75 Å². The molecule has 0 saturated heterocycles. The van der Waals surface area contributed by atoms with Crippen molar-refractivity contribution in [3.63, 3.8) is 0 Å². The SMILES string of the molecule is CCCc1nn(C)c(Nc2ccc(OC)cc2)c1N. The molecule has 102 valence electrons. The second kappa shape index (κ2) is 5.65. The average Bonchev–Trinajstić information content (AvgIpc) is 2.68. The van der Waals surface area contributed by atoms with E-state index in [0.717, 1.165) is 41.5 Å². The summed E-state index contributed by atoms with van der Waals surface area (Å²) in [5, 5.41) is 7.72. The van der Waals surface area contributed by atoms with Crippen LogP contribution in [-0.2, 0) is 13.5 Å². The van der Waals surface area contributed by atoms with Gasteiger partial charge in [-0.05, 0) is 30.7 Å². The molecule has 19 heavy (non-hydrogen) atoms. The van der Waals surface area contributed by atoms with E-state index in [1.54, 1.807) is 11.8 Å². The van der Waals surface area contributed by atoms with Gasteiger partial charge < -0.3 is 15.8 Å². The molecule has 5 heteroatoms. The number of nitrogens with two attached hydrogens (primary N) is 1. The highest BCUT2D eigenvalue weighted by Gasteiger charge is 2.12. The van der Waals surface area contributed by atoms with Crippen LogP contribution in [0.25, 0.3) is 0 Å². The molecule has 3 N–H and O–H groups in total. The Balaban J connectivity index is 2.22. The first-order valence-corrected chi connectivity index (χ1v) is 6.38. The van der Waals surface area contributed by atoms with E-state index in [1.165, 1.54) is 0 Å². The summed E-state index contributed by atoms with van der Waals surface area (Å²) in [6, 6.07) is 7.71. The van der Waals surface area contributed by atoms with Crippen molar-refractivity contribution in [1.29, 1.82) is 0 Å². The average molecular weight is 260 g/mol. The third kappa shape index (κ3) is 2.81. The van der Waals surface area contributed by atoms with Crippen LogP contribution in [0.1, 0.15) is 19.0 Å². The molecule has 0 atom stereocenters. The number of aryl methyl sites for hydroxylation is 2. The lowest BCUT2D eigenvalue weighted by Gasteiger charge is -2.08. The third-order valence-electron chi connectivity index (χ3n) is 3.00. The Kier molecular flexibility index (Phi) is 3.94. The molecule has 0 aliphatic rings. The maximum atomic E-state index is 6.12. The summed E-state index contributed by atoms with van der Waals surface area (Å²) < 4.78 is 6.92. The number of anilines is 3. The molecule has 5 nitrogen and oxygen atoms in total. The van der Waals surface area contributed by atoms with Crippen LogP contribution in [0.15, 0.2) is 24.3 Å². The Hall–Kier alpha value is -2.17. The van der Waals surface area contributed by atoms with Crippen LogP contribution in [-0.4, -0.2) is 16.9 Å². The van der Waals surface area contributed by atoms with E-state index >= 15 is 0 Å². The summed E-state index contributed by atoms with van der Waals surface area (Å²) in [6.45, 7) is 2.12. The molecule has 0 aliphatic heterocycles. The summed E-state index contributed by atoms with van der Waals surface area (Å²) in [7, 11) is 3.54. The molecule has 0 unspecified atom stereocenters. The molecule has 0 aliphatic carbocycles. The minimum absolute atomic E-state index is 0.722. The molecule has 2 rings (SSSR count). The van der Waals surface area contributed by atoms with Crippen LogP contribution in [0.3, 0.4) is 0 Å². The maximum absolute atomic E-state index is 6.12. The predicted octanol–water partition coefficient (Wildman–Crippen LogP) is 2.71. The number of hydrogen-bond donors (Lipinski definition) is 2. The second-order valence-corrected chi connectivity index (χ2v) is 4.44. The van der Waals surface area contributed by atoms with E-state index in [0.29, 0.717) is 0 Å². The molecular weight excluding hydrogens is 240 g/mol. The zero-order chi connectivity index (χ0) is 13.8. The van der Waals surface area contributed by atoms with Gasteiger partial charge in [0.1, 0.15) is 5.75 Å². The number of methoxy groups -OCH3 is 1. The van der Waals surface area contributed by atoms with Gasteiger partial charge in [-0.25, -0.2) is 0 Å². The van der Waals surface area contributed by atoms with Gasteiger partial charge in [0.15, 0.2) is 5.82 Å². The fraction of sp³-hybridized carbons (Fsp3) is 0.357. The Morgan fingerprint density at radius 1 is 1.32 bits per heavy atom. The first kappa shape index (κ1) is 13.3. The first-order chi connectivity index (χ1) is 9.15. The normalized spacial score (nSPS) is 10.5. The van der Waals surface area contributed by atoms with Crippen molar-refractivity contribution in [1.82, 2.24) is 9.78 Å². The fourth-order valence-electron chi connectivity index (χ4n) is 1.98. The van der Waals surface area contributed by atoms with Gasteiger partial charge in [-0.15, -0.1) is 0 Å². The number of nitrogen functional groups attached to an aromatic ring is 1. The van der Waals surface area contributed by atoms with Crippen molar-refractivity contribution in [2.75, 3.05) is 18.2 Å². The van der Waals surface area contributed by atoms with Crippen molar-refractivity contribution in [2.45, 2.75) is 19.8 Å². The highest BCUT2D eigenvalue weighted by Crippen LogP contribution is 2.27. The highest BCUT2D eigenvalue weighted by atomic mass is 16.5. The Bertz CT molecular complexity index is 545. The standard InChI is InChI=1S/C14H20N4O/c1-4-5-12-13(15)14(18(2)17-12)16-10-6-8-11(19-3)9-7-10/h6-9,16H,4-5,15H2,1-3H3. The van der Waals surface area contributed by atoms with Gasteiger partial charge in [-0.3, -0.25) is 4.68 Å². The lowest BCUT2D eigenvalue weighted by atomic mass is 10.2. The van der Waals surface area contributed by atoms with Crippen molar-refractivity contribution in [3.05, 3.63) is 30.0 Å². The van der Waals surface area contributed by atoms with Gasteiger partial charge in [0.05, 0.1) is 18.5 Å². The number of nitrogens with one attached hydrogen (secondary N) is 1. The molecule has 1 aromatic carbocycles. The van der Waals surface area contributed by atoms with Crippen LogP contribution in [0.5, 0.6) is 5.75 Å². The van der Waals surface area contributed by atoms with E-state index in [4.69, 9.17) is 10.5 Å². The van der Waals surface area contributed by atoms with Crippen molar-refractivity contribution in [2.24, 2.45) is 7.05 Å². The van der Waals surface area contributed by atoms with Gasteiger partial charge in [0.2, 0.25) is 0 Å². The number of benzene rings is 1. The summed E-state index contributed by atoms with van der Waals surface area (Å²) in [5.74, 6) is 1.66. The summed E-state index contributed by atoms with van der Waals surface area (Å²) in [4.78, 5) is 0. The minimum atomic E-state index is 0.722. The van der Waals surface area contributed by atoms with Gasteiger partial charge in [-0.1, -0.05) is 13.3 Å². The second-order valence-electron chi connectivity index (χ2n) is 4.44. The highest BCUT2D eigenvalue weighted by molar-refractivity contribution is 5.71. The first-order valence-electron chi connectivity index (χ1n) is 6.38. The molecule has 1 heterocycles. The smallest absolute Gasteiger partial charge is 0.152 e. The van der Waals surface area contributed by atoms with Crippen LogP contribution in [0, 0.1) is 0 Å². The van der Waals surface area contributed by atoms with Crippen molar-refractivity contribution >= 4 is 17.2 Å². The van der Waals surface area contributed by atoms with E-state index in [1.807, 2.05) is 31.3 Å².